The third-order valence-electron chi connectivity index (χ3n) is 5.88. The number of aromatic nitrogens is 3. The molecule has 156 valence electrons. The summed E-state index contributed by atoms with van der Waals surface area (Å²) in [4.78, 5) is 0. The monoisotopic (exact) mass is 399 g/mol. The van der Waals surface area contributed by atoms with Crippen molar-refractivity contribution in [1.29, 1.82) is 0 Å². The predicted octanol–water partition coefficient (Wildman–Crippen LogP) is 4.51. The average molecular weight is 400 g/mol. The van der Waals surface area contributed by atoms with E-state index in [-0.39, 0.29) is 30.3 Å². The molecule has 27 heavy (non-hydrogen) atoms. The second kappa shape index (κ2) is 10.7. The molecule has 1 aliphatic rings. The number of unbranched alkanes of at least 4 members (excludes halogenated alkanes) is 4. The Morgan fingerprint density at radius 3 is 2.59 bits per heavy atom. The third-order valence-corrected chi connectivity index (χ3v) is 8.37. The maximum absolute atomic E-state index is 15.1. The summed E-state index contributed by atoms with van der Waals surface area (Å²) in [5.41, 5.74) is 0.832. The van der Waals surface area contributed by atoms with Gasteiger partial charge in [-0.25, -0.2) is 0 Å². The maximum Gasteiger partial charge on any atom is 0.246 e. The van der Waals surface area contributed by atoms with E-state index in [0.717, 1.165) is 18.5 Å². The minimum atomic E-state index is -2.80. The molecule has 1 fully saturated rings. The second-order valence-corrected chi connectivity index (χ2v) is 12.4. The predicted molar refractivity (Wildman–Crippen MR) is 109 cm³/mol. The van der Waals surface area contributed by atoms with Crippen LogP contribution in [0.15, 0.2) is 6.20 Å². The fraction of sp³-hybridized carbons (Fsp3) is 0.900. The van der Waals surface area contributed by atoms with Crippen LogP contribution in [0.3, 0.4) is 0 Å². The number of ether oxygens (including phenoxy) is 1. The Bertz CT molecular complexity index is 550. The van der Waals surface area contributed by atoms with Crippen LogP contribution in [0.1, 0.15) is 64.5 Å². The Kier molecular flexibility index (Phi) is 8.89. The van der Waals surface area contributed by atoms with E-state index in [0.29, 0.717) is 13.0 Å². The molecule has 1 aliphatic heterocycles. The van der Waals surface area contributed by atoms with Crippen molar-refractivity contribution in [1.82, 2.24) is 15.0 Å². The highest BCUT2D eigenvalue weighted by Gasteiger charge is 2.50. The summed E-state index contributed by atoms with van der Waals surface area (Å²) >= 11 is 0. The van der Waals surface area contributed by atoms with Gasteiger partial charge in [0.25, 0.3) is 0 Å². The maximum atomic E-state index is 15.1. The minimum Gasteiger partial charge on any atom is -0.396 e. The quantitative estimate of drug-likeness (QED) is 0.319. The van der Waals surface area contributed by atoms with Gasteiger partial charge in [0.05, 0.1) is 17.9 Å². The highest BCUT2D eigenvalue weighted by atomic mass is 28.4. The molecular formula is C20H38FN3O2Si. The Labute approximate surface area is 164 Å². The highest BCUT2D eigenvalue weighted by molar-refractivity contribution is 6.72. The molecule has 1 N–H and O–H groups in total. The van der Waals surface area contributed by atoms with Gasteiger partial charge < -0.3 is 14.0 Å². The third kappa shape index (κ3) is 6.64. The molecule has 5 nitrogen and oxygen atoms in total. The Balaban J connectivity index is 1.91. The molecule has 0 amide bonds. The normalized spacial score (nSPS) is 26.0. The first kappa shape index (κ1) is 22.5. The van der Waals surface area contributed by atoms with E-state index in [2.05, 4.69) is 24.2 Å². The van der Waals surface area contributed by atoms with Gasteiger partial charge >= 0.3 is 0 Å². The van der Waals surface area contributed by atoms with Crippen LogP contribution in [0.2, 0.25) is 18.6 Å². The fourth-order valence-electron chi connectivity index (χ4n) is 4.53. The highest BCUT2D eigenvalue weighted by Crippen LogP contribution is 2.47. The van der Waals surface area contributed by atoms with Gasteiger partial charge in [-0.3, -0.25) is 4.68 Å². The van der Waals surface area contributed by atoms with E-state index >= 15 is 4.11 Å². The van der Waals surface area contributed by atoms with Crippen molar-refractivity contribution in [3.8, 4) is 0 Å². The van der Waals surface area contributed by atoms with Crippen molar-refractivity contribution in [3.63, 3.8) is 0 Å². The Morgan fingerprint density at radius 2 is 1.93 bits per heavy atom. The van der Waals surface area contributed by atoms with Crippen molar-refractivity contribution < 1.29 is 14.0 Å². The van der Waals surface area contributed by atoms with Gasteiger partial charge in [-0.15, -0.1) is 5.10 Å². The number of rotatable bonds is 12. The molecule has 0 unspecified atom stereocenters. The largest absolute Gasteiger partial charge is 0.396 e. The first-order valence-electron chi connectivity index (χ1n) is 10.7. The van der Waals surface area contributed by atoms with E-state index < -0.39 is 8.41 Å². The summed E-state index contributed by atoms with van der Waals surface area (Å²) in [6, 6.07) is 0. The van der Waals surface area contributed by atoms with Crippen LogP contribution < -0.4 is 0 Å². The lowest BCUT2D eigenvalue weighted by molar-refractivity contribution is 0.0231. The van der Waals surface area contributed by atoms with Gasteiger partial charge in [0.2, 0.25) is 8.41 Å². The van der Waals surface area contributed by atoms with Gasteiger partial charge in [0.1, 0.15) is 0 Å². The van der Waals surface area contributed by atoms with Crippen LogP contribution in [-0.4, -0.2) is 47.3 Å². The molecule has 0 radical (unpaired) electrons. The number of nitrogens with zero attached hydrogens (tertiary/aromatic N) is 3. The standard InChI is InChI=1S/C20H38FN3O2Si/c1-5-6-7-8-9-10-18-16(2)20(27(3,4)21)19(26-18)11-13-24-15-17(12-14-25)22-23-24/h15-16,18-20,25H,5-14H2,1-4H3/t16-,18+,19-,20+/m0/s1. The van der Waals surface area contributed by atoms with Crippen molar-refractivity contribution in [2.45, 2.75) is 103 Å². The van der Waals surface area contributed by atoms with Crippen molar-refractivity contribution in [2.24, 2.45) is 5.92 Å². The second-order valence-electron chi connectivity index (χ2n) is 8.60. The number of aryl methyl sites for hydroxylation is 1. The molecule has 7 heteroatoms. The summed E-state index contributed by atoms with van der Waals surface area (Å²) in [5.74, 6) is 0.286. The topological polar surface area (TPSA) is 60.2 Å². The van der Waals surface area contributed by atoms with Gasteiger partial charge in [-0.05, 0) is 31.9 Å². The molecule has 0 bridgehead atoms. The van der Waals surface area contributed by atoms with E-state index in [1.165, 1.54) is 32.1 Å². The minimum absolute atomic E-state index is 0.0298. The first-order valence-corrected chi connectivity index (χ1v) is 13.7. The van der Waals surface area contributed by atoms with Crippen molar-refractivity contribution in [2.75, 3.05) is 6.61 Å². The van der Waals surface area contributed by atoms with E-state index in [9.17, 15) is 0 Å². The van der Waals surface area contributed by atoms with Gasteiger partial charge in [0, 0.05) is 31.3 Å². The SMILES string of the molecule is CCCCCCC[C@H]1O[C@@H](CCn2cc(CCO)nn2)[C@H]([Si](C)(C)F)[C@H]1C. The molecule has 1 saturated heterocycles. The van der Waals surface area contributed by atoms with Gasteiger partial charge in [-0.2, -0.15) is 0 Å². The van der Waals surface area contributed by atoms with Crippen LogP contribution in [0.5, 0.6) is 0 Å². The summed E-state index contributed by atoms with van der Waals surface area (Å²) in [5, 5.41) is 17.2. The molecule has 0 spiro atoms. The summed E-state index contributed by atoms with van der Waals surface area (Å²) in [7, 11) is -2.80. The molecule has 1 aromatic heterocycles. The summed E-state index contributed by atoms with van der Waals surface area (Å²) in [6.07, 6.45) is 10.6. The fourth-order valence-corrected chi connectivity index (χ4v) is 7.13. The molecule has 0 saturated carbocycles. The number of halogens is 1. The van der Waals surface area contributed by atoms with E-state index in [1.807, 2.05) is 19.3 Å². The molecular weight excluding hydrogens is 361 g/mol. The number of hydrogen-bond donors (Lipinski definition) is 1. The lowest BCUT2D eigenvalue weighted by Gasteiger charge is -2.28. The first-order chi connectivity index (χ1) is 12.9. The van der Waals surface area contributed by atoms with Crippen LogP contribution in [-0.2, 0) is 17.7 Å². The smallest absolute Gasteiger partial charge is 0.246 e. The van der Waals surface area contributed by atoms with E-state index in [4.69, 9.17) is 9.84 Å². The molecule has 1 aromatic rings. The van der Waals surface area contributed by atoms with Gasteiger partial charge in [0.15, 0.2) is 0 Å². The molecule has 2 heterocycles. The van der Waals surface area contributed by atoms with Crippen LogP contribution in [0.4, 0.5) is 4.11 Å². The van der Waals surface area contributed by atoms with E-state index in [1.54, 1.807) is 4.68 Å². The van der Waals surface area contributed by atoms with Crippen LogP contribution in [0, 0.1) is 5.92 Å². The average Bonchev–Trinajstić information content (AvgIpc) is 3.17. The van der Waals surface area contributed by atoms with Gasteiger partial charge in [-0.1, -0.05) is 51.2 Å². The number of aliphatic hydroxyl groups is 1. The lowest BCUT2D eigenvalue weighted by atomic mass is 9.95. The van der Waals surface area contributed by atoms with Crippen molar-refractivity contribution >= 4 is 8.41 Å². The van der Waals surface area contributed by atoms with Crippen LogP contribution in [0.25, 0.3) is 0 Å². The molecule has 0 aliphatic carbocycles. The molecule has 2 rings (SSSR count). The Hall–Kier alpha value is -0.793. The van der Waals surface area contributed by atoms with Crippen molar-refractivity contribution in [3.05, 3.63) is 11.9 Å². The zero-order valence-corrected chi connectivity index (χ0v) is 18.5. The number of aliphatic hydroxyl groups excluding tert-OH is 1. The molecule has 4 atom stereocenters. The summed E-state index contributed by atoms with van der Waals surface area (Å²) < 4.78 is 23.3. The number of hydrogen-bond acceptors (Lipinski definition) is 4. The Morgan fingerprint density at radius 1 is 1.19 bits per heavy atom. The summed E-state index contributed by atoms with van der Waals surface area (Å²) in [6.45, 7) is 8.81. The zero-order chi connectivity index (χ0) is 19.9. The van der Waals surface area contributed by atoms with Crippen LogP contribution >= 0.6 is 0 Å². The zero-order valence-electron chi connectivity index (χ0n) is 17.5. The lowest BCUT2D eigenvalue weighted by Crippen LogP contribution is -2.36. The molecule has 0 aromatic carbocycles.